The number of likely N-dealkylation sites (tertiary alicyclic amines) is 1. The summed E-state index contributed by atoms with van der Waals surface area (Å²) in [4.78, 5) is 13.9. The van der Waals surface area contributed by atoms with Crippen molar-refractivity contribution < 1.29 is 4.79 Å². The smallest absolute Gasteiger partial charge is 0.225 e. The molecule has 2 fully saturated rings. The van der Waals surface area contributed by atoms with Crippen LogP contribution in [0.4, 0.5) is 0 Å². The Hall–Kier alpha value is -0.220. The molecule has 1 N–H and O–H groups in total. The molecule has 0 unspecified atom stereocenters. The number of hydrogen-bond donors (Lipinski definition) is 1. The van der Waals surface area contributed by atoms with Gasteiger partial charge in [0.1, 0.15) is 0 Å². The number of nitrogens with zero attached hydrogens (tertiary/aromatic N) is 1. The molecule has 2 heterocycles. The number of thioether (sulfide) groups is 1. The Labute approximate surface area is 109 Å². The second-order valence-corrected chi connectivity index (χ2v) is 6.66. The Morgan fingerprint density at radius 3 is 2.82 bits per heavy atom. The Balaban J connectivity index is 1.75. The quantitative estimate of drug-likeness (QED) is 0.834. The molecule has 2 atom stereocenters. The summed E-state index contributed by atoms with van der Waals surface area (Å²) in [6.07, 6.45) is 3.77. The lowest BCUT2D eigenvalue weighted by molar-refractivity contribution is -0.133. The average Bonchev–Trinajstić information content (AvgIpc) is 2.77. The van der Waals surface area contributed by atoms with E-state index in [4.69, 9.17) is 0 Å². The predicted octanol–water partition coefficient (Wildman–Crippen LogP) is 1.73. The lowest BCUT2D eigenvalue weighted by Crippen LogP contribution is -2.43. The first-order valence-corrected chi connectivity index (χ1v) is 7.95. The molecular formula is C13H24N2OS. The molecule has 0 spiro atoms. The van der Waals surface area contributed by atoms with E-state index in [0.29, 0.717) is 18.0 Å². The first-order chi connectivity index (χ1) is 8.16. The van der Waals surface area contributed by atoms with E-state index >= 15 is 0 Å². The lowest BCUT2D eigenvalue weighted by Gasteiger charge is -2.26. The van der Waals surface area contributed by atoms with E-state index in [1.54, 1.807) is 0 Å². The number of nitrogens with one attached hydrogen (secondary N) is 1. The summed E-state index contributed by atoms with van der Waals surface area (Å²) in [6.45, 7) is 5.83. The van der Waals surface area contributed by atoms with Crippen LogP contribution in [0.3, 0.4) is 0 Å². The van der Waals surface area contributed by atoms with Crippen LogP contribution in [0.1, 0.15) is 33.1 Å². The van der Waals surface area contributed by atoms with Gasteiger partial charge in [-0.1, -0.05) is 13.8 Å². The third-order valence-corrected chi connectivity index (χ3v) is 4.84. The van der Waals surface area contributed by atoms with Gasteiger partial charge in [0.2, 0.25) is 5.91 Å². The molecule has 4 heteroatoms. The Morgan fingerprint density at radius 1 is 1.35 bits per heavy atom. The molecule has 0 aromatic heterocycles. The summed E-state index contributed by atoms with van der Waals surface area (Å²) in [5.41, 5.74) is 0. The lowest BCUT2D eigenvalue weighted by atomic mass is 10.1. The first kappa shape index (κ1) is 13.2. The van der Waals surface area contributed by atoms with Crippen LogP contribution in [0.5, 0.6) is 0 Å². The molecule has 0 aromatic rings. The number of amides is 1. The van der Waals surface area contributed by atoms with Crippen LogP contribution in [0, 0.1) is 5.92 Å². The Morgan fingerprint density at radius 2 is 2.18 bits per heavy atom. The van der Waals surface area contributed by atoms with Gasteiger partial charge in [-0.25, -0.2) is 0 Å². The minimum atomic E-state index is 0.138. The summed E-state index contributed by atoms with van der Waals surface area (Å²) in [5, 5.41) is 3.73. The molecule has 0 saturated carbocycles. The molecule has 0 aliphatic carbocycles. The van der Waals surface area contributed by atoms with Crippen LogP contribution in [-0.4, -0.2) is 47.5 Å². The summed E-state index contributed by atoms with van der Waals surface area (Å²) in [5.74, 6) is 3.02. The normalized spacial score (nSPS) is 29.9. The van der Waals surface area contributed by atoms with Crippen molar-refractivity contribution in [3.63, 3.8) is 0 Å². The maximum absolute atomic E-state index is 11.9. The van der Waals surface area contributed by atoms with Crippen LogP contribution in [-0.2, 0) is 4.79 Å². The third kappa shape index (κ3) is 3.62. The van der Waals surface area contributed by atoms with E-state index in [9.17, 15) is 4.79 Å². The van der Waals surface area contributed by atoms with E-state index < -0.39 is 0 Å². The maximum Gasteiger partial charge on any atom is 0.225 e. The summed E-state index contributed by atoms with van der Waals surface area (Å²) in [7, 11) is 0. The minimum Gasteiger partial charge on any atom is -0.341 e. The van der Waals surface area contributed by atoms with Crippen molar-refractivity contribution in [1.29, 1.82) is 0 Å². The van der Waals surface area contributed by atoms with Crippen LogP contribution in [0.25, 0.3) is 0 Å². The van der Waals surface area contributed by atoms with Crippen LogP contribution >= 0.6 is 11.8 Å². The molecule has 2 aliphatic rings. The zero-order chi connectivity index (χ0) is 12.3. The largest absolute Gasteiger partial charge is 0.341 e. The maximum atomic E-state index is 11.9. The van der Waals surface area contributed by atoms with Crippen molar-refractivity contribution in [2.75, 3.05) is 24.6 Å². The standard InChI is InChI=1S/C13H24N2OS/c1-10(2)13(16)15-6-5-11(8-15)14-12-4-3-7-17-9-12/h10-12,14H,3-9H2,1-2H3/t11-,12-/m0/s1. The van der Waals surface area contributed by atoms with Crippen molar-refractivity contribution in [2.45, 2.75) is 45.2 Å². The first-order valence-electron chi connectivity index (χ1n) is 6.79. The van der Waals surface area contributed by atoms with E-state index in [1.807, 2.05) is 18.7 Å². The van der Waals surface area contributed by atoms with Crippen LogP contribution in [0.15, 0.2) is 0 Å². The van der Waals surface area contributed by atoms with Gasteiger partial charge in [0.25, 0.3) is 0 Å². The number of hydrogen-bond acceptors (Lipinski definition) is 3. The van der Waals surface area contributed by atoms with Crippen molar-refractivity contribution >= 4 is 17.7 Å². The third-order valence-electron chi connectivity index (χ3n) is 3.63. The topological polar surface area (TPSA) is 32.3 Å². The zero-order valence-electron chi connectivity index (χ0n) is 10.9. The zero-order valence-corrected chi connectivity index (χ0v) is 11.8. The van der Waals surface area contributed by atoms with Gasteiger partial charge in [0.15, 0.2) is 0 Å². The van der Waals surface area contributed by atoms with Gasteiger partial charge in [-0.3, -0.25) is 4.79 Å². The van der Waals surface area contributed by atoms with Gasteiger partial charge in [-0.15, -0.1) is 0 Å². The molecule has 2 rings (SSSR count). The van der Waals surface area contributed by atoms with Gasteiger partial charge in [-0.05, 0) is 25.0 Å². The van der Waals surface area contributed by atoms with Crippen molar-refractivity contribution in [2.24, 2.45) is 5.92 Å². The number of rotatable bonds is 3. The fourth-order valence-electron chi connectivity index (χ4n) is 2.67. The highest BCUT2D eigenvalue weighted by Crippen LogP contribution is 2.19. The fraction of sp³-hybridized carbons (Fsp3) is 0.923. The highest BCUT2D eigenvalue weighted by Gasteiger charge is 2.29. The summed E-state index contributed by atoms with van der Waals surface area (Å²) in [6, 6.07) is 1.20. The van der Waals surface area contributed by atoms with Crippen LogP contribution in [0.2, 0.25) is 0 Å². The van der Waals surface area contributed by atoms with Crippen molar-refractivity contribution in [1.82, 2.24) is 10.2 Å². The fourth-order valence-corrected chi connectivity index (χ4v) is 3.75. The SMILES string of the molecule is CC(C)C(=O)N1CC[C@H](N[C@H]2CCCSC2)C1. The molecule has 0 radical (unpaired) electrons. The molecule has 98 valence electrons. The van der Waals surface area contributed by atoms with Gasteiger partial charge in [-0.2, -0.15) is 11.8 Å². The molecule has 0 aromatic carbocycles. The number of carbonyl (C=O) groups is 1. The van der Waals surface area contributed by atoms with Gasteiger partial charge < -0.3 is 10.2 Å². The highest BCUT2D eigenvalue weighted by atomic mass is 32.2. The van der Waals surface area contributed by atoms with Crippen molar-refractivity contribution in [3.05, 3.63) is 0 Å². The van der Waals surface area contributed by atoms with E-state index in [1.165, 1.54) is 24.3 Å². The summed E-state index contributed by atoms with van der Waals surface area (Å²) < 4.78 is 0. The molecule has 1 amide bonds. The molecule has 0 bridgehead atoms. The molecular weight excluding hydrogens is 232 g/mol. The van der Waals surface area contributed by atoms with E-state index in [2.05, 4.69) is 17.1 Å². The van der Waals surface area contributed by atoms with E-state index in [0.717, 1.165) is 19.5 Å². The highest BCUT2D eigenvalue weighted by molar-refractivity contribution is 7.99. The van der Waals surface area contributed by atoms with Crippen LogP contribution < -0.4 is 5.32 Å². The monoisotopic (exact) mass is 256 g/mol. The Bertz CT molecular complexity index is 264. The number of carbonyl (C=O) groups excluding carboxylic acids is 1. The second kappa shape index (κ2) is 6.10. The molecule has 2 aliphatic heterocycles. The molecule has 2 saturated heterocycles. The second-order valence-electron chi connectivity index (χ2n) is 5.51. The van der Waals surface area contributed by atoms with Crippen molar-refractivity contribution in [3.8, 4) is 0 Å². The van der Waals surface area contributed by atoms with Gasteiger partial charge in [0.05, 0.1) is 0 Å². The summed E-state index contributed by atoms with van der Waals surface area (Å²) >= 11 is 2.06. The predicted molar refractivity (Wildman–Crippen MR) is 73.3 cm³/mol. The minimum absolute atomic E-state index is 0.138. The van der Waals surface area contributed by atoms with Gasteiger partial charge >= 0.3 is 0 Å². The molecule has 17 heavy (non-hydrogen) atoms. The van der Waals surface area contributed by atoms with Gasteiger partial charge in [0, 0.05) is 36.8 Å². The van der Waals surface area contributed by atoms with E-state index in [-0.39, 0.29) is 5.92 Å². The Kier molecular flexibility index (Phi) is 4.74. The molecule has 3 nitrogen and oxygen atoms in total. The average molecular weight is 256 g/mol.